The summed E-state index contributed by atoms with van der Waals surface area (Å²) < 4.78 is 20.6. The van der Waals surface area contributed by atoms with Crippen molar-refractivity contribution in [2.24, 2.45) is 5.92 Å². The van der Waals surface area contributed by atoms with E-state index < -0.39 is 5.82 Å². The van der Waals surface area contributed by atoms with Crippen molar-refractivity contribution < 1.29 is 19.0 Å². The number of benzene rings is 1. The number of anilines is 1. The van der Waals surface area contributed by atoms with Crippen molar-refractivity contribution in [3.8, 4) is 5.75 Å². The molecule has 0 unspecified atom stereocenters. The minimum Gasteiger partial charge on any atom is -0.494 e. The van der Waals surface area contributed by atoms with E-state index in [-0.39, 0.29) is 29.6 Å². The van der Waals surface area contributed by atoms with Gasteiger partial charge in [-0.05, 0) is 31.7 Å². The first-order chi connectivity index (χ1) is 14.4. The molecule has 4 rings (SSSR count). The van der Waals surface area contributed by atoms with Gasteiger partial charge in [0.1, 0.15) is 0 Å². The molecule has 1 fully saturated rings. The number of halogens is 1. The number of fused-ring (bicyclic) bond motifs is 3. The standard InChI is InChI=1S/C20H25FN6O3/c1-26(19(29)11-7-12(28)8-11)6-4-3-5-17-24-18-13-9-14(21)16(30-2)10-15(13)23-20(22)27(18)25-17/h9-12,28H,3-8H2,1-2H3,(H2,22,23). The van der Waals surface area contributed by atoms with Gasteiger partial charge in [0.05, 0.1) is 18.7 Å². The molecule has 0 atom stereocenters. The molecule has 0 bridgehead atoms. The number of amides is 1. The van der Waals surface area contributed by atoms with Crippen LogP contribution in [0.3, 0.4) is 0 Å². The van der Waals surface area contributed by atoms with E-state index in [1.165, 1.54) is 23.8 Å². The number of ether oxygens (including phenoxy) is 1. The fourth-order valence-corrected chi connectivity index (χ4v) is 3.78. The van der Waals surface area contributed by atoms with Crippen LogP contribution in [0.4, 0.5) is 10.3 Å². The SMILES string of the molecule is COc1cc2nc(N)n3nc(CCCCN(C)C(=O)C4CC(O)C4)nc3c2cc1F. The van der Waals surface area contributed by atoms with Crippen molar-refractivity contribution in [1.82, 2.24) is 24.5 Å². The molecule has 3 N–H and O–H groups in total. The average molecular weight is 416 g/mol. The zero-order chi connectivity index (χ0) is 21.4. The van der Waals surface area contributed by atoms with Crippen LogP contribution in [-0.2, 0) is 11.2 Å². The van der Waals surface area contributed by atoms with Gasteiger partial charge in [0.2, 0.25) is 11.9 Å². The highest BCUT2D eigenvalue weighted by Crippen LogP contribution is 2.29. The molecular weight excluding hydrogens is 391 g/mol. The van der Waals surface area contributed by atoms with Gasteiger partial charge in [-0.25, -0.2) is 14.4 Å². The van der Waals surface area contributed by atoms with Crippen LogP contribution in [0.2, 0.25) is 0 Å². The summed E-state index contributed by atoms with van der Waals surface area (Å²) in [6.45, 7) is 0.635. The molecule has 2 aromatic heterocycles. The highest BCUT2D eigenvalue weighted by Gasteiger charge is 2.34. The Bertz CT molecular complexity index is 1100. The maximum absolute atomic E-state index is 14.2. The van der Waals surface area contributed by atoms with Crippen LogP contribution < -0.4 is 10.5 Å². The van der Waals surface area contributed by atoms with Crippen molar-refractivity contribution in [1.29, 1.82) is 0 Å². The molecule has 0 spiro atoms. The van der Waals surface area contributed by atoms with E-state index in [0.29, 0.717) is 48.2 Å². The number of unbranched alkanes of at least 4 members (excludes halogenated alkanes) is 1. The topological polar surface area (TPSA) is 119 Å². The quantitative estimate of drug-likeness (QED) is 0.561. The Morgan fingerprint density at radius 3 is 2.83 bits per heavy atom. The fraction of sp³-hybridized carbons (Fsp3) is 0.500. The van der Waals surface area contributed by atoms with Crippen LogP contribution >= 0.6 is 0 Å². The Labute approximate surface area is 172 Å². The highest BCUT2D eigenvalue weighted by molar-refractivity contribution is 5.93. The summed E-state index contributed by atoms with van der Waals surface area (Å²) in [5.74, 6) is 0.381. The van der Waals surface area contributed by atoms with Crippen LogP contribution in [0.5, 0.6) is 5.75 Å². The third kappa shape index (κ3) is 3.74. The summed E-state index contributed by atoms with van der Waals surface area (Å²) in [7, 11) is 3.18. The minimum absolute atomic E-state index is 0.0483. The maximum Gasteiger partial charge on any atom is 0.225 e. The maximum atomic E-state index is 14.2. The number of aliphatic hydroxyl groups excluding tert-OH is 1. The molecule has 10 heteroatoms. The van der Waals surface area contributed by atoms with E-state index in [9.17, 15) is 14.3 Å². The van der Waals surface area contributed by atoms with Crippen LogP contribution in [0.1, 0.15) is 31.5 Å². The second-order valence-electron chi connectivity index (χ2n) is 7.78. The van der Waals surface area contributed by atoms with E-state index in [0.717, 1.165) is 12.8 Å². The zero-order valence-corrected chi connectivity index (χ0v) is 17.0. The zero-order valence-electron chi connectivity index (χ0n) is 17.0. The first kappa shape index (κ1) is 20.3. The van der Waals surface area contributed by atoms with E-state index in [1.54, 1.807) is 11.9 Å². The van der Waals surface area contributed by atoms with Gasteiger partial charge in [0, 0.05) is 37.4 Å². The molecule has 1 aromatic carbocycles. The molecule has 1 aliphatic carbocycles. The lowest BCUT2D eigenvalue weighted by Crippen LogP contribution is -2.42. The summed E-state index contributed by atoms with van der Waals surface area (Å²) in [6, 6.07) is 2.82. The highest BCUT2D eigenvalue weighted by atomic mass is 19.1. The molecule has 1 amide bonds. The van der Waals surface area contributed by atoms with Crippen molar-refractivity contribution in [2.75, 3.05) is 26.4 Å². The summed E-state index contributed by atoms with van der Waals surface area (Å²) >= 11 is 0. The van der Waals surface area contributed by atoms with Crippen molar-refractivity contribution in [3.05, 3.63) is 23.8 Å². The van der Waals surface area contributed by atoms with Gasteiger partial charge in [0.25, 0.3) is 0 Å². The van der Waals surface area contributed by atoms with Gasteiger partial charge in [-0.3, -0.25) is 4.79 Å². The average Bonchev–Trinajstić information content (AvgIpc) is 3.13. The van der Waals surface area contributed by atoms with Gasteiger partial charge in [-0.2, -0.15) is 4.52 Å². The summed E-state index contributed by atoms with van der Waals surface area (Å²) in [5.41, 5.74) is 6.94. The molecule has 30 heavy (non-hydrogen) atoms. The largest absolute Gasteiger partial charge is 0.494 e. The second-order valence-corrected chi connectivity index (χ2v) is 7.78. The predicted octanol–water partition coefficient (Wildman–Crippen LogP) is 1.56. The van der Waals surface area contributed by atoms with Crippen LogP contribution in [0.25, 0.3) is 16.6 Å². The minimum atomic E-state index is -0.505. The smallest absolute Gasteiger partial charge is 0.225 e. The molecule has 2 heterocycles. The second kappa shape index (κ2) is 8.02. The van der Waals surface area contributed by atoms with Gasteiger partial charge < -0.3 is 20.5 Å². The number of methoxy groups -OCH3 is 1. The van der Waals surface area contributed by atoms with Gasteiger partial charge >= 0.3 is 0 Å². The fourth-order valence-electron chi connectivity index (χ4n) is 3.78. The molecule has 1 saturated carbocycles. The Balaban J connectivity index is 1.42. The lowest BCUT2D eigenvalue weighted by Gasteiger charge is -2.33. The van der Waals surface area contributed by atoms with E-state index in [4.69, 9.17) is 10.5 Å². The summed E-state index contributed by atoms with van der Waals surface area (Å²) in [5, 5.41) is 14.3. The van der Waals surface area contributed by atoms with Crippen molar-refractivity contribution >= 4 is 28.4 Å². The normalized spacial score (nSPS) is 18.5. The Kier molecular flexibility index (Phi) is 5.42. The first-order valence-electron chi connectivity index (χ1n) is 9.98. The molecule has 1 aliphatic rings. The number of carbonyl (C=O) groups excluding carboxylic acids is 1. The van der Waals surface area contributed by atoms with Gasteiger partial charge in [-0.1, -0.05) is 0 Å². The van der Waals surface area contributed by atoms with Crippen LogP contribution in [0.15, 0.2) is 12.1 Å². The van der Waals surface area contributed by atoms with Crippen LogP contribution in [-0.4, -0.2) is 62.3 Å². The van der Waals surface area contributed by atoms with E-state index >= 15 is 0 Å². The number of rotatable bonds is 7. The third-order valence-electron chi connectivity index (χ3n) is 5.60. The molecular formula is C20H25FN6O3. The number of hydrogen-bond acceptors (Lipinski definition) is 7. The molecule has 9 nitrogen and oxygen atoms in total. The summed E-state index contributed by atoms with van der Waals surface area (Å²) in [6.07, 6.45) is 2.98. The number of nitrogens with zero attached hydrogens (tertiary/aromatic N) is 5. The number of aryl methyl sites for hydroxylation is 1. The lowest BCUT2D eigenvalue weighted by molar-refractivity contribution is -0.141. The molecule has 160 valence electrons. The Hall–Kier alpha value is -3.01. The molecule has 0 aliphatic heterocycles. The number of aliphatic hydroxyl groups is 1. The monoisotopic (exact) mass is 416 g/mol. The van der Waals surface area contributed by atoms with Crippen molar-refractivity contribution in [3.63, 3.8) is 0 Å². The Morgan fingerprint density at radius 2 is 2.13 bits per heavy atom. The van der Waals surface area contributed by atoms with E-state index in [1.807, 2.05) is 0 Å². The molecule has 0 saturated heterocycles. The number of nitrogen functional groups attached to an aromatic ring is 1. The number of aromatic nitrogens is 4. The number of hydrogen-bond donors (Lipinski definition) is 2. The number of carbonyl (C=O) groups is 1. The van der Waals surface area contributed by atoms with Gasteiger partial charge in [0.15, 0.2) is 23.0 Å². The van der Waals surface area contributed by atoms with Gasteiger partial charge in [-0.15, -0.1) is 5.10 Å². The number of nitrogens with two attached hydrogens (primary N) is 1. The third-order valence-corrected chi connectivity index (χ3v) is 5.60. The predicted molar refractivity (Wildman–Crippen MR) is 109 cm³/mol. The lowest BCUT2D eigenvalue weighted by atomic mass is 9.81. The van der Waals surface area contributed by atoms with E-state index in [2.05, 4.69) is 15.1 Å². The molecule has 3 aromatic rings. The van der Waals surface area contributed by atoms with Crippen molar-refractivity contribution in [2.45, 2.75) is 38.2 Å². The summed E-state index contributed by atoms with van der Waals surface area (Å²) in [4.78, 5) is 22.7. The van der Waals surface area contributed by atoms with Crippen LogP contribution in [0, 0.1) is 11.7 Å². The Morgan fingerprint density at radius 1 is 1.37 bits per heavy atom. The molecule has 0 radical (unpaired) electrons. The first-order valence-corrected chi connectivity index (χ1v) is 9.98.